The minimum atomic E-state index is -4.54. The van der Waals surface area contributed by atoms with Crippen LogP contribution in [0.2, 0.25) is 5.02 Å². The average Bonchev–Trinajstić information content (AvgIpc) is 2.97. The molecule has 4 aromatic carbocycles. The maximum absolute atomic E-state index is 13.5. The fraction of sp³-hybridized carbons (Fsp3) is 0.161. The molecule has 1 unspecified atom stereocenters. The van der Waals surface area contributed by atoms with Crippen LogP contribution in [0.25, 0.3) is 22.3 Å². The summed E-state index contributed by atoms with van der Waals surface area (Å²) in [5.74, 6) is -2.16. The number of nitrogens with one attached hydrogen (secondary N) is 2. The Morgan fingerprint density at radius 3 is 1.95 bits per heavy atom. The molecule has 0 radical (unpaired) electrons. The third-order valence-electron chi connectivity index (χ3n) is 6.54. The van der Waals surface area contributed by atoms with Crippen LogP contribution in [-0.4, -0.2) is 39.7 Å². The molecule has 0 aliphatic rings. The number of methoxy groups -OCH3 is 1. The van der Waals surface area contributed by atoms with Crippen molar-refractivity contribution in [3.63, 3.8) is 0 Å². The first-order chi connectivity index (χ1) is 20.6. The normalized spacial score (nSPS) is 12.3. The summed E-state index contributed by atoms with van der Waals surface area (Å²) in [7, 11) is -2.69. The van der Waals surface area contributed by atoms with E-state index in [0.717, 1.165) is 31.1 Å². The first-order valence-corrected chi connectivity index (χ1v) is 15.1. The molecule has 13 heteroatoms. The Kier molecular flexibility index (Phi) is 9.65. The van der Waals surface area contributed by atoms with Crippen LogP contribution in [-0.2, 0) is 32.2 Å². The number of carbonyl (C=O) groups is 2. The van der Waals surface area contributed by atoms with Crippen molar-refractivity contribution in [2.24, 2.45) is 0 Å². The average molecular weight is 649 g/mol. The lowest BCUT2D eigenvalue weighted by Gasteiger charge is -2.19. The van der Waals surface area contributed by atoms with Gasteiger partial charge in [-0.3, -0.25) is 9.52 Å². The zero-order chi connectivity index (χ0) is 32.2. The Morgan fingerprint density at radius 2 is 1.41 bits per heavy atom. The molecule has 7 nitrogen and oxygen atoms in total. The molecule has 4 aromatic rings. The van der Waals surface area contributed by atoms with Crippen molar-refractivity contribution in [3.05, 3.63) is 112 Å². The van der Waals surface area contributed by atoms with Crippen LogP contribution in [0.5, 0.6) is 0 Å². The van der Waals surface area contributed by atoms with Gasteiger partial charge in [-0.25, -0.2) is 17.6 Å². The van der Waals surface area contributed by atoms with Gasteiger partial charge in [0.05, 0.1) is 35.2 Å². The number of alkyl halides is 3. The minimum Gasteiger partial charge on any atom is -0.467 e. The summed E-state index contributed by atoms with van der Waals surface area (Å²) in [6, 6.07) is 18.3. The van der Waals surface area contributed by atoms with Gasteiger partial charge in [0.1, 0.15) is 11.9 Å². The summed E-state index contributed by atoms with van der Waals surface area (Å²) in [5.41, 5.74) is 1.55. The van der Waals surface area contributed by atoms with Crippen molar-refractivity contribution in [2.45, 2.75) is 18.6 Å². The molecule has 230 valence electrons. The predicted octanol–water partition coefficient (Wildman–Crippen LogP) is 6.72. The number of sulfonamides is 1. The fourth-order valence-electron chi connectivity index (χ4n) is 4.37. The van der Waals surface area contributed by atoms with Gasteiger partial charge in [0.25, 0.3) is 5.91 Å². The first kappa shape index (κ1) is 32.5. The third kappa shape index (κ3) is 8.14. The van der Waals surface area contributed by atoms with Crippen LogP contribution in [0, 0.1) is 5.82 Å². The van der Waals surface area contributed by atoms with E-state index in [9.17, 15) is 35.6 Å². The van der Waals surface area contributed by atoms with Crippen molar-refractivity contribution < 1.29 is 40.3 Å². The molecule has 0 saturated carbocycles. The lowest BCUT2D eigenvalue weighted by Crippen LogP contribution is -2.43. The molecule has 0 bridgehead atoms. The van der Waals surface area contributed by atoms with Gasteiger partial charge in [0.15, 0.2) is 0 Å². The maximum atomic E-state index is 13.5. The molecule has 1 atom stereocenters. The SMILES string of the molecule is COC(=O)C(Cc1ccc(-c2ccc(F)c(Cl)c2)cc1)NC(=O)c1cc(-c2ccc(C(F)(F)F)cc2)ccc1NS(C)(=O)=O. The standard InChI is InChI=1S/C31H25ClF4N2O5S/c1-43-30(40)28(15-18-3-5-19(6-4-18)22-9-13-26(33)25(32)17-22)37-29(39)24-16-21(10-14-27(24)38-44(2,41)42)20-7-11-23(12-8-20)31(34,35)36/h3-14,16-17,28,38H,15H2,1-2H3,(H,37,39). The molecule has 0 aliphatic heterocycles. The molecule has 0 saturated heterocycles. The van der Waals surface area contributed by atoms with Crippen LogP contribution in [0.3, 0.4) is 0 Å². The number of halogens is 5. The number of benzene rings is 4. The van der Waals surface area contributed by atoms with E-state index in [0.29, 0.717) is 22.3 Å². The van der Waals surface area contributed by atoms with Crippen molar-refractivity contribution in [1.82, 2.24) is 5.32 Å². The van der Waals surface area contributed by atoms with Gasteiger partial charge in [0.2, 0.25) is 10.0 Å². The molecule has 4 rings (SSSR count). The van der Waals surface area contributed by atoms with E-state index in [1.807, 2.05) is 0 Å². The summed E-state index contributed by atoms with van der Waals surface area (Å²) >= 11 is 5.88. The van der Waals surface area contributed by atoms with E-state index < -0.39 is 45.5 Å². The molecular formula is C31H25ClF4N2O5S. The number of rotatable bonds is 9. The molecule has 0 heterocycles. The topological polar surface area (TPSA) is 102 Å². The van der Waals surface area contributed by atoms with Gasteiger partial charge in [0, 0.05) is 6.42 Å². The lowest BCUT2D eigenvalue weighted by molar-refractivity contribution is -0.143. The summed E-state index contributed by atoms with van der Waals surface area (Å²) in [6.45, 7) is 0. The Morgan fingerprint density at radius 1 is 0.864 bits per heavy atom. The molecule has 0 aliphatic carbocycles. The highest BCUT2D eigenvalue weighted by molar-refractivity contribution is 7.92. The molecule has 2 N–H and O–H groups in total. The molecule has 0 spiro atoms. The highest BCUT2D eigenvalue weighted by Crippen LogP contribution is 2.32. The second kappa shape index (κ2) is 13.1. The quantitative estimate of drug-likeness (QED) is 0.155. The second-order valence-electron chi connectivity index (χ2n) is 9.79. The molecule has 44 heavy (non-hydrogen) atoms. The Bertz CT molecular complexity index is 1800. The maximum Gasteiger partial charge on any atom is 0.416 e. The first-order valence-electron chi connectivity index (χ1n) is 12.9. The number of carbonyl (C=O) groups excluding carboxylic acids is 2. The highest BCUT2D eigenvalue weighted by Gasteiger charge is 2.30. The molecular weight excluding hydrogens is 624 g/mol. The minimum absolute atomic E-state index is 0.00367. The lowest BCUT2D eigenvalue weighted by atomic mass is 9.99. The number of amides is 1. The van der Waals surface area contributed by atoms with Crippen LogP contribution < -0.4 is 10.0 Å². The predicted molar refractivity (Wildman–Crippen MR) is 159 cm³/mol. The van der Waals surface area contributed by atoms with Gasteiger partial charge in [-0.05, 0) is 64.2 Å². The second-order valence-corrected chi connectivity index (χ2v) is 11.9. The Labute approximate surface area is 255 Å². The van der Waals surface area contributed by atoms with Gasteiger partial charge in [-0.15, -0.1) is 0 Å². The molecule has 1 amide bonds. The van der Waals surface area contributed by atoms with Crippen molar-refractivity contribution >= 4 is 39.2 Å². The van der Waals surface area contributed by atoms with Crippen LogP contribution >= 0.6 is 11.6 Å². The van der Waals surface area contributed by atoms with Crippen molar-refractivity contribution in [2.75, 3.05) is 18.1 Å². The van der Waals surface area contributed by atoms with E-state index in [2.05, 4.69) is 10.0 Å². The Balaban J connectivity index is 1.62. The molecule has 0 fully saturated rings. The van der Waals surface area contributed by atoms with Crippen LogP contribution in [0.15, 0.2) is 84.9 Å². The fourth-order valence-corrected chi connectivity index (χ4v) is 5.13. The van der Waals surface area contributed by atoms with Crippen molar-refractivity contribution in [1.29, 1.82) is 0 Å². The van der Waals surface area contributed by atoms with Gasteiger partial charge in [-0.1, -0.05) is 60.1 Å². The zero-order valence-electron chi connectivity index (χ0n) is 23.2. The summed E-state index contributed by atoms with van der Waals surface area (Å²) < 4.78 is 83.7. The monoisotopic (exact) mass is 648 g/mol. The highest BCUT2D eigenvalue weighted by atomic mass is 35.5. The summed E-state index contributed by atoms with van der Waals surface area (Å²) in [5, 5.41) is 2.54. The smallest absolute Gasteiger partial charge is 0.416 e. The van der Waals surface area contributed by atoms with Gasteiger partial charge in [-0.2, -0.15) is 13.2 Å². The van der Waals surface area contributed by atoms with E-state index >= 15 is 0 Å². The number of esters is 1. The van der Waals surface area contributed by atoms with Crippen LogP contribution in [0.4, 0.5) is 23.2 Å². The summed E-state index contributed by atoms with van der Waals surface area (Å²) in [6.07, 6.45) is -3.65. The van der Waals surface area contributed by atoms with Crippen molar-refractivity contribution in [3.8, 4) is 22.3 Å². The third-order valence-corrected chi connectivity index (χ3v) is 7.42. The van der Waals surface area contributed by atoms with Gasteiger partial charge >= 0.3 is 12.1 Å². The largest absolute Gasteiger partial charge is 0.467 e. The number of hydrogen-bond acceptors (Lipinski definition) is 5. The number of hydrogen-bond donors (Lipinski definition) is 2. The molecule has 0 aromatic heterocycles. The Hall–Kier alpha value is -4.42. The van der Waals surface area contributed by atoms with E-state index in [1.54, 1.807) is 30.3 Å². The van der Waals surface area contributed by atoms with E-state index in [-0.39, 0.29) is 22.7 Å². The zero-order valence-corrected chi connectivity index (χ0v) is 24.8. The summed E-state index contributed by atoms with van der Waals surface area (Å²) in [4.78, 5) is 26.2. The van der Waals surface area contributed by atoms with E-state index in [4.69, 9.17) is 16.3 Å². The number of ether oxygens (including phenoxy) is 1. The van der Waals surface area contributed by atoms with Crippen LogP contribution in [0.1, 0.15) is 21.5 Å². The number of anilines is 1. The van der Waals surface area contributed by atoms with E-state index in [1.165, 1.54) is 42.5 Å². The van der Waals surface area contributed by atoms with Gasteiger partial charge < -0.3 is 10.1 Å².